The number of amides is 1. The highest BCUT2D eigenvalue weighted by atomic mass is 79.9. The van der Waals surface area contributed by atoms with E-state index < -0.39 is 11.7 Å². The second kappa shape index (κ2) is 7.55. The van der Waals surface area contributed by atoms with Crippen LogP contribution in [0.5, 0.6) is 5.75 Å². The number of aromatic nitrogens is 1. The van der Waals surface area contributed by atoms with E-state index in [1.165, 1.54) is 29.5 Å². The minimum absolute atomic E-state index is 0.0429. The van der Waals surface area contributed by atoms with Crippen LogP contribution in [-0.2, 0) is 6.61 Å². The summed E-state index contributed by atoms with van der Waals surface area (Å²) in [6, 6.07) is 11.2. The van der Waals surface area contributed by atoms with Crippen molar-refractivity contribution in [2.75, 3.05) is 5.32 Å². The Hall–Kier alpha value is -2.25. The van der Waals surface area contributed by atoms with E-state index >= 15 is 0 Å². The Balaban J connectivity index is 1.77. The van der Waals surface area contributed by atoms with Crippen molar-refractivity contribution in [2.24, 2.45) is 0 Å². The van der Waals surface area contributed by atoms with Crippen molar-refractivity contribution in [1.29, 1.82) is 0 Å². The maximum atomic E-state index is 13.8. The molecule has 0 saturated heterocycles. The maximum Gasteiger partial charge on any atom is 0.258 e. The predicted molar refractivity (Wildman–Crippen MR) is 94.9 cm³/mol. The van der Waals surface area contributed by atoms with Crippen molar-refractivity contribution >= 4 is 38.9 Å². The molecule has 0 radical (unpaired) electrons. The molecule has 0 fully saturated rings. The molecule has 0 aliphatic rings. The fraction of sp³-hybridized carbons (Fsp3) is 0.0588. The lowest BCUT2D eigenvalue weighted by Crippen LogP contribution is -2.14. The number of nitrogens with one attached hydrogen (secondary N) is 1. The van der Waals surface area contributed by atoms with Gasteiger partial charge in [-0.05, 0) is 30.3 Å². The van der Waals surface area contributed by atoms with Gasteiger partial charge in [-0.3, -0.25) is 4.79 Å². The largest absolute Gasteiger partial charge is 0.485 e. The first-order chi connectivity index (χ1) is 11.6. The first kappa shape index (κ1) is 16.6. The summed E-state index contributed by atoms with van der Waals surface area (Å²) in [4.78, 5) is 16.5. The van der Waals surface area contributed by atoms with Crippen LogP contribution in [0.1, 0.15) is 16.1 Å². The lowest BCUT2D eigenvalue weighted by Gasteiger charge is -2.12. The van der Waals surface area contributed by atoms with E-state index in [4.69, 9.17) is 4.74 Å². The molecule has 122 valence electrons. The molecule has 7 heteroatoms. The molecule has 0 saturated carbocycles. The van der Waals surface area contributed by atoms with Crippen LogP contribution in [0.15, 0.2) is 57.8 Å². The SMILES string of the molecule is O=C(Nc1ccccc1OCc1cscn1)c1cc(Br)ccc1F. The summed E-state index contributed by atoms with van der Waals surface area (Å²) in [5, 5.41) is 4.57. The predicted octanol–water partition coefficient (Wildman–Crippen LogP) is 4.88. The average molecular weight is 407 g/mol. The van der Waals surface area contributed by atoms with Gasteiger partial charge in [0.2, 0.25) is 0 Å². The van der Waals surface area contributed by atoms with Gasteiger partial charge in [0.15, 0.2) is 0 Å². The average Bonchev–Trinajstić information content (AvgIpc) is 3.09. The number of hydrogen-bond acceptors (Lipinski definition) is 4. The molecular formula is C17H12BrFN2O2S. The number of anilines is 1. The number of para-hydroxylation sites is 2. The molecule has 0 unspecified atom stereocenters. The van der Waals surface area contributed by atoms with Gasteiger partial charge in [0.25, 0.3) is 5.91 Å². The Kier molecular flexibility index (Phi) is 5.22. The fourth-order valence-corrected chi connectivity index (χ4v) is 2.92. The molecule has 0 spiro atoms. The summed E-state index contributed by atoms with van der Waals surface area (Å²) >= 11 is 4.72. The molecule has 1 heterocycles. The van der Waals surface area contributed by atoms with Crippen molar-refractivity contribution in [1.82, 2.24) is 4.98 Å². The minimum atomic E-state index is -0.587. The van der Waals surface area contributed by atoms with E-state index in [9.17, 15) is 9.18 Å². The number of benzene rings is 2. The van der Waals surface area contributed by atoms with E-state index in [1.54, 1.807) is 29.8 Å². The van der Waals surface area contributed by atoms with Crippen molar-refractivity contribution in [3.05, 3.63) is 74.9 Å². The number of rotatable bonds is 5. The number of nitrogens with zero attached hydrogens (tertiary/aromatic N) is 1. The zero-order valence-electron chi connectivity index (χ0n) is 12.3. The summed E-state index contributed by atoms with van der Waals surface area (Å²) in [6.07, 6.45) is 0. The third kappa shape index (κ3) is 3.98. The van der Waals surface area contributed by atoms with Gasteiger partial charge >= 0.3 is 0 Å². The van der Waals surface area contributed by atoms with Gasteiger partial charge < -0.3 is 10.1 Å². The normalized spacial score (nSPS) is 10.4. The summed E-state index contributed by atoms with van der Waals surface area (Å²) < 4.78 is 20.2. The first-order valence-electron chi connectivity index (χ1n) is 6.99. The van der Waals surface area contributed by atoms with E-state index in [0.717, 1.165) is 5.69 Å². The van der Waals surface area contributed by atoms with Crippen LogP contribution in [0.4, 0.5) is 10.1 Å². The van der Waals surface area contributed by atoms with Crippen LogP contribution in [0.25, 0.3) is 0 Å². The summed E-state index contributed by atoms with van der Waals surface area (Å²) in [7, 11) is 0. The van der Waals surface area contributed by atoms with Crippen molar-refractivity contribution in [3.63, 3.8) is 0 Å². The lowest BCUT2D eigenvalue weighted by molar-refractivity contribution is 0.102. The molecule has 0 aliphatic heterocycles. The van der Waals surface area contributed by atoms with Gasteiger partial charge in [-0.2, -0.15) is 0 Å². The van der Waals surface area contributed by atoms with Crippen LogP contribution >= 0.6 is 27.3 Å². The molecule has 3 rings (SSSR count). The van der Waals surface area contributed by atoms with Crippen molar-refractivity contribution in [3.8, 4) is 5.75 Å². The third-order valence-corrected chi connectivity index (χ3v) is 4.30. The summed E-state index contributed by atoms with van der Waals surface area (Å²) in [5.41, 5.74) is 2.96. The number of thiazole rings is 1. The second-order valence-electron chi connectivity index (χ2n) is 4.84. The van der Waals surface area contributed by atoms with Gasteiger partial charge in [0.05, 0.1) is 22.5 Å². The molecule has 0 bridgehead atoms. The fourth-order valence-electron chi connectivity index (χ4n) is 2.02. The molecule has 0 aliphatic carbocycles. The zero-order chi connectivity index (χ0) is 16.9. The number of hydrogen-bond donors (Lipinski definition) is 1. The lowest BCUT2D eigenvalue weighted by atomic mass is 10.2. The standard InChI is InChI=1S/C17H12BrFN2O2S/c18-11-5-6-14(19)13(7-11)17(22)21-15-3-1-2-4-16(15)23-8-12-9-24-10-20-12/h1-7,9-10H,8H2,(H,21,22). The highest BCUT2D eigenvalue weighted by Gasteiger charge is 2.14. The minimum Gasteiger partial charge on any atom is -0.485 e. The molecule has 2 aromatic carbocycles. The van der Waals surface area contributed by atoms with Crippen molar-refractivity contribution in [2.45, 2.75) is 6.61 Å². The van der Waals surface area contributed by atoms with Gasteiger partial charge in [0, 0.05) is 9.85 Å². The first-order valence-corrected chi connectivity index (χ1v) is 8.72. The van der Waals surface area contributed by atoms with Gasteiger partial charge in [-0.1, -0.05) is 28.1 Å². The second-order valence-corrected chi connectivity index (χ2v) is 6.48. The quantitative estimate of drug-likeness (QED) is 0.656. The van der Waals surface area contributed by atoms with E-state index in [0.29, 0.717) is 22.5 Å². The topological polar surface area (TPSA) is 51.2 Å². The Labute approximate surface area is 150 Å². The van der Waals surface area contributed by atoms with Gasteiger partial charge in [-0.25, -0.2) is 9.37 Å². The molecule has 0 atom stereocenters. The third-order valence-electron chi connectivity index (χ3n) is 3.17. The molecular weight excluding hydrogens is 395 g/mol. The van der Waals surface area contributed by atoms with E-state index in [-0.39, 0.29) is 5.56 Å². The Morgan fingerprint density at radius 1 is 1.29 bits per heavy atom. The molecule has 24 heavy (non-hydrogen) atoms. The summed E-state index contributed by atoms with van der Waals surface area (Å²) in [5.74, 6) is -0.635. The van der Waals surface area contributed by atoms with Gasteiger partial charge in [-0.15, -0.1) is 11.3 Å². The summed E-state index contributed by atoms with van der Waals surface area (Å²) in [6.45, 7) is 0.293. The highest BCUT2D eigenvalue weighted by molar-refractivity contribution is 9.10. The molecule has 1 aromatic heterocycles. The Morgan fingerprint density at radius 3 is 2.92 bits per heavy atom. The number of halogens is 2. The molecule has 1 amide bonds. The van der Waals surface area contributed by atoms with Crippen LogP contribution < -0.4 is 10.1 Å². The highest BCUT2D eigenvalue weighted by Crippen LogP contribution is 2.26. The van der Waals surface area contributed by atoms with Gasteiger partial charge in [0.1, 0.15) is 18.2 Å². The molecule has 3 aromatic rings. The molecule has 1 N–H and O–H groups in total. The van der Waals surface area contributed by atoms with Crippen LogP contribution in [-0.4, -0.2) is 10.9 Å². The number of ether oxygens (including phenoxy) is 1. The zero-order valence-corrected chi connectivity index (χ0v) is 14.7. The Morgan fingerprint density at radius 2 is 2.12 bits per heavy atom. The van der Waals surface area contributed by atoms with E-state index in [2.05, 4.69) is 26.2 Å². The Bertz CT molecular complexity index is 856. The number of carbonyl (C=O) groups excluding carboxylic acids is 1. The monoisotopic (exact) mass is 406 g/mol. The smallest absolute Gasteiger partial charge is 0.258 e. The van der Waals surface area contributed by atoms with Crippen LogP contribution in [0.3, 0.4) is 0 Å². The van der Waals surface area contributed by atoms with E-state index in [1.807, 2.05) is 5.38 Å². The van der Waals surface area contributed by atoms with Crippen LogP contribution in [0, 0.1) is 5.82 Å². The van der Waals surface area contributed by atoms with Crippen LogP contribution in [0.2, 0.25) is 0 Å². The maximum absolute atomic E-state index is 13.8. The molecule has 4 nitrogen and oxygen atoms in total. The van der Waals surface area contributed by atoms with Crippen molar-refractivity contribution < 1.29 is 13.9 Å². The number of carbonyl (C=O) groups is 1.